The Morgan fingerprint density at radius 2 is 1.47 bits per heavy atom. The Labute approximate surface area is 176 Å². The molecule has 0 unspecified atom stereocenters. The minimum atomic E-state index is -3.85. The molecule has 7 nitrogen and oxygen atoms in total. The number of benzene rings is 3. The largest absolute Gasteiger partial charge is 0.304 e. The van der Waals surface area contributed by atoms with Crippen LogP contribution in [0.25, 0.3) is 0 Å². The highest BCUT2D eigenvalue weighted by Gasteiger charge is 2.25. The average Bonchev–Trinajstić information content (AvgIpc) is 2.75. The van der Waals surface area contributed by atoms with E-state index in [2.05, 4.69) is 10.0 Å². The first-order chi connectivity index (χ1) is 14.4. The monoisotopic (exact) mass is 425 g/mol. The Morgan fingerprint density at radius 3 is 2.03 bits per heavy atom. The molecule has 0 aliphatic heterocycles. The molecule has 0 aliphatic rings. The highest BCUT2D eigenvalue weighted by molar-refractivity contribution is 7.89. The summed E-state index contributed by atoms with van der Waals surface area (Å²) in [5.74, 6) is 0. The summed E-state index contributed by atoms with van der Waals surface area (Å²) in [7, 11) is -3.85. The molecule has 0 spiro atoms. The second kappa shape index (κ2) is 9.62. The van der Waals surface area contributed by atoms with Gasteiger partial charge in [0.2, 0.25) is 10.0 Å². The zero-order valence-corrected chi connectivity index (χ0v) is 17.2. The molecule has 0 amide bonds. The van der Waals surface area contributed by atoms with Gasteiger partial charge in [-0.25, -0.2) is 13.1 Å². The second-order valence-electron chi connectivity index (χ2n) is 6.92. The average molecular weight is 426 g/mol. The molecule has 0 radical (unpaired) electrons. The van der Waals surface area contributed by atoms with E-state index in [1.807, 2.05) is 60.7 Å². The van der Waals surface area contributed by atoms with Crippen LogP contribution in [-0.4, -0.2) is 19.4 Å². The van der Waals surface area contributed by atoms with E-state index in [4.69, 9.17) is 0 Å². The molecule has 0 aliphatic carbocycles. The summed E-state index contributed by atoms with van der Waals surface area (Å²) in [5.41, 5.74) is 1.88. The van der Waals surface area contributed by atoms with Gasteiger partial charge in [-0.3, -0.25) is 10.1 Å². The van der Waals surface area contributed by atoms with Gasteiger partial charge in [-0.05, 0) is 30.2 Å². The van der Waals surface area contributed by atoms with Crippen molar-refractivity contribution in [1.82, 2.24) is 10.0 Å². The molecule has 30 heavy (non-hydrogen) atoms. The van der Waals surface area contributed by atoms with Crippen LogP contribution >= 0.6 is 0 Å². The Kier molecular flexibility index (Phi) is 6.94. The van der Waals surface area contributed by atoms with Crippen LogP contribution in [0.1, 0.15) is 24.1 Å². The normalized spacial score (nSPS) is 13.5. The molecular weight excluding hydrogens is 402 g/mol. The fourth-order valence-electron chi connectivity index (χ4n) is 3.20. The molecule has 3 aromatic carbocycles. The number of sulfonamides is 1. The number of hydrogen-bond donors (Lipinski definition) is 2. The van der Waals surface area contributed by atoms with E-state index in [1.165, 1.54) is 24.3 Å². The summed E-state index contributed by atoms with van der Waals surface area (Å²) in [4.78, 5) is 10.2. The molecule has 0 fully saturated rings. The SMILES string of the molecule is C[C@@H](NS(=O)(=O)c1ccc([N+](=O)[O-])cc1)[C@H](NCc1ccccc1)c1ccccc1. The molecule has 0 saturated carbocycles. The zero-order chi connectivity index (χ0) is 21.6. The highest BCUT2D eigenvalue weighted by Crippen LogP contribution is 2.21. The van der Waals surface area contributed by atoms with E-state index in [0.29, 0.717) is 6.54 Å². The van der Waals surface area contributed by atoms with Gasteiger partial charge in [0.1, 0.15) is 0 Å². The number of rotatable bonds is 9. The second-order valence-corrected chi connectivity index (χ2v) is 8.63. The molecule has 3 aromatic rings. The van der Waals surface area contributed by atoms with Crippen molar-refractivity contribution in [3.05, 3.63) is 106 Å². The van der Waals surface area contributed by atoms with E-state index in [-0.39, 0.29) is 16.6 Å². The molecule has 3 rings (SSSR count). The first kappa shape index (κ1) is 21.6. The fourth-order valence-corrected chi connectivity index (χ4v) is 4.45. The zero-order valence-electron chi connectivity index (χ0n) is 16.4. The van der Waals surface area contributed by atoms with E-state index in [9.17, 15) is 18.5 Å². The van der Waals surface area contributed by atoms with Crippen LogP contribution in [0.2, 0.25) is 0 Å². The lowest BCUT2D eigenvalue weighted by atomic mass is 10.0. The number of nitrogens with zero attached hydrogens (tertiary/aromatic N) is 1. The van der Waals surface area contributed by atoms with E-state index < -0.39 is 21.0 Å². The van der Waals surface area contributed by atoms with E-state index >= 15 is 0 Å². The number of non-ortho nitro benzene ring substituents is 1. The predicted molar refractivity (Wildman–Crippen MR) is 115 cm³/mol. The first-order valence-electron chi connectivity index (χ1n) is 9.46. The van der Waals surface area contributed by atoms with Crippen molar-refractivity contribution < 1.29 is 13.3 Å². The van der Waals surface area contributed by atoms with Gasteiger partial charge >= 0.3 is 0 Å². The third kappa shape index (κ3) is 5.50. The maximum absolute atomic E-state index is 12.8. The minimum absolute atomic E-state index is 0.0187. The molecule has 0 heterocycles. The van der Waals surface area contributed by atoms with Crippen molar-refractivity contribution in [1.29, 1.82) is 0 Å². The van der Waals surface area contributed by atoms with Crippen molar-refractivity contribution in [3.63, 3.8) is 0 Å². The number of nitrogens with one attached hydrogen (secondary N) is 2. The number of nitro benzene ring substituents is 1. The van der Waals surface area contributed by atoms with Crippen molar-refractivity contribution in [3.8, 4) is 0 Å². The third-order valence-electron chi connectivity index (χ3n) is 4.73. The standard InChI is InChI=1S/C22H23N3O4S/c1-17(24-30(28,29)21-14-12-20(13-15-21)25(26)27)22(19-10-6-3-7-11-19)23-16-18-8-4-2-5-9-18/h2-15,17,22-24H,16H2,1H3/t17-,22+/m1/s1. The van der Waals surface area contributed by atoms with E-state index in [0.717, 1.165) is 11.1 Å². The summed E-state index contributed by atoms with van der Waals surface area (Å²) in [6.45, 7) is 2.36. The maximum Gasteiger partial charge on any atom is 0.269 e. The van der Waals surface area contributed by atoms with Crippen LogP contribution in [0, 0.1) is 10.1 Å². The summed E-state index contributed by atoms with van der Waals surface area (Å²) < 4.78 is 28.3. The van der Waals surface area contributed by atoms with Gasteiger partial charge in [-0.1, -0.05) is 60.7 Å². The molecule has 8 heteroatoms. The minimum Gasteiger partial charge on any atom is -0.304 e. The topological polar surface area (TPSA) is 101 Å². The molecule has 156 valence electrons. The first-order valence-corrected chi connectivity index (χ1v) is 10.9. The molecule has 0 aromatic heterocycles. The predicted octanol–water partition coefficient (Wildman–Crippen LogP) is 3.79. The number of hydrogen-bond acceptors (Lipinski definition) is 5. The Morgan fingerprint density at radius 1 is 0.900 bits per heavy atom. The Bertz CT molecular complexity index is 1070. The molecule has 0 bridgehead atoms. The summed E-state index contributed by atoms with van der Waals surface area (Å²) in [6, 6.07) is 23.5. The lowest BCUT2D eigenvalue weighted by Crippen LogP contribution is -2.42. The van der Waals surface area contributed by atoms with Crippen LogP contribution in [0.15, 0.2) is 89.8 Å². The molecule has 0 saturated heterocycles. The Balaban J connectivity index is 1.79. The van der Waals surface area contributed by atoms with Crippen LogP contribution in [-0.2, 0) is 16.6 Å². The van der Waals surface area contributed by atoms with Gasteiger partial charge < -0.3 is 5.32 Å². The van der Waals surface area contributed by atoms with Crippen LogP contribution < -0.4 is 10.0 Å². The van der Waals surface area contributed by atoms with Gasteiger partial charge in [0, 0.05) is 30.8 Å². The summed E-state index contributed by atoms with van der Waals surface area (Å²) in [6.07, 6.45) is 0. The van der Waals surface area contributed by atoms with Gasteiger partial charge in [0.25, 0.3) is 5.69 Å². The van der Waals surface area contributed by atoms with Gasteiger partial charge in [-0.15, -0.1) is 0 Å². The van der Waals surface area contributed by atoms with Crippen LogP contribution in [0.5, 0.6) is 0 Å². The fraction of sp³-hybridized carbons (Fsp3) is 0.182. The van der Waals surface area contributed by atoms with E-state index in [1.54, 1.807) is 6.92 Å². The smallest absolute Gasteiger partial charge is 0.269 e. The summed E-state index contributed by atoms with van der Waals surface area (Å²) in [5, 5.41) is 14.2. The summed E-state index contributed by atoms with van der Waals surface area (Å²) >= 11 is 0. The molecular formula is C22H23N3O4S. The number of nitro groups is 1. The molecule has 2 atom stereocenters. The van der Waals surface area contributed by atoms with Crippen LogP contribution in [0.3, 0.4) is 0 Å². The van der Waals surface area contributed by atoms with Crippen LogP contribution in [0.4, 0.5) is 5.69 Å². The maximum atomic E-state index is 12.8. The van der Waals surface area contributed by atoms with Crippen molar-refractivity contribution in [2.24, 2.45) is 0 Å². The van der Waals surface area contributed by atoms with Gasteiger partial charge in [0.15, 0.2) is 0 Å². The Hall–Kier alpha value is -3.07. The van der Waals surface area contributed by atoms with Crippen molar-refractivity contribution in [2.75, 3.05) is 0 Å². The third-order valence-corrected chi connectivity index (χ3v) is 6.30. The lowest BCUT2D eigenvalue weighted by molar-refractivity contribution is -0.384. The molecule has 2 N–H and O–H groups in total. The van der Waals surface area contributed by atoms with Crippen molar-refractivity contribution in [2.45, 2.75) is 30.4 Å². The quantitative estimate of drug-likeness (QED) is 0.401. The lowest BCUT2D eigenvalue weighted by Gasteiger charge is -2.26. The van der Waals surface area contributed by atoms with Crippen molar-refractivity contribution >= 4 is 15.7 Å². The van der Waals surface area contributed by atoms with Gasteiger partial charge in [-0.2, -0.15) is 0 Å². The van der Waals surface area contributed by atoms with Gasteiger partial charge in [0.05, 0.1) is 9.82 Å². The highest BCUT2D eigenvalue weighted by atomic mass is 32.2.